The summed E-state index contributed by atoms with van der Waals surface area (Å²) in [5.41, 5.74) is 7.21. The molecule has 2 aromatic rings. The van der Waals surface area contributed by atoms with E-state index < -0.39 is 6.10 Å². The number of aliphatic hydroxyl groups is 1. The SMILES string of the molecule is Cl.Cn1nc(C(=O)N2C[C@@H](N)C[C@@H](O)C2)c2ccccc21. The van der Waals surface area contributed by atoms with Crippen molar-refractivity contribution >= 4 is 29.2 Å². The van der Waals surface area contributed by atoms with Gasteiger partial charge in [0, 0.05) is 31.6 Å². The van der Waals surface area contributed by atoms with Crippen LogP contribution in [0.1, 0.15) is 16.9 Å². The Morgan fingerprint density at radius 3 is 2.81 bits per heavy atom. The van der Waals surface area contributed by atoms with Crippen molar-refractivity contribution in [1.29, 1.82) is 0 Å². The summed E-state index contributed by atoms with van der Waals surface area (Å²) < 4.78 is 1.70. The van der Waals surface area contributed by atoms with Gasteiger partial charge >= 0.3 is 0 Å². The van der Waals surface area contributed by atoms with Gasteiger partial charge in [-0.05, 0) is 12.5 Å². The molecule has 21 heavy (non-hydrogen) atoms. The Labute approximate surface area is 128 Å². The number of aryl methyl sites for hydroxylation is 1. The summed E-state index contributed by atoms with van der Waals surface area (Å²) in [7, 11) is 1.82. The second-order valence-corrected chi connectivity index (χ2v) is 5.35. The monoisotopic (exact) mass is 310 g/mol. The van der Waals surface area contributed by atoms with Crippen molar-refractivity contribution in [2.45, 2.75) is 18.6 Å². The van der Waals surface area contributed by atoms with Gasteiger partial charge in [0.25, 0.3) is 5.91 Å². The molecule has 2 atom stereocenters. The maximum absolute atomic E-state index is 12.6. The third-order valence-electron chi connectivity index (χ3n) is 3.71. The van der Waals surface area contributed by atoms with Gasteiger partial charge in [0.2, 0.25) is 0 Å². The van der Waals surface area contributed by atoms with E-state index in [0.29, 0.717) is 25.2 Å². The van der Waals surface area contributed by atoms with Crippen LogP contribution in [-0.2, 0) is 7.05 Å². The minimum Gasteiger partial charge on any atom is -0.391 e. The number of piperidine rings is 1. The highest BCUT2D eigenvalue weighted by molar-refractivity contribution is 6.04. The number of para-hydroxylation sites is 1. The maximum Gasteiger partial charge on any atom is 0.275 e. The molecular formula is C14H19ClN4O2. The average Bonchev–Trinajstić information content (AvgIpc) is 2.75. The Morgan fingerprint density at radius 2 is 2.10 bits per heavy atom. The molecule has 1 aliphatic rings. The van der Waals surface area contributed by atoms with Crippen LogP contribution in [0.25, 0.3) is 10.9 Å². The molecule has 2 heterocycles. The van der Waals surface area contributed by atoms with Crippen LogP contribution < -0.4 is 5.73 Å². The number of aliphatic hydroxyl groups excluding tert-OH is 1. The minimum absolute atomic E-state index is 0. The lowest BCUT2D eigenvalue weighted by atomic mass is 10.0. The van der Waals surface area contributed by atoms with Crippen LogP contribution >= 0.6 is 12.4 Å². The third kappa shape index (κ3) is 2.88. The number of halogens is 1. The molecule has 1 aliphatic heterocycles. The smallest absolute Gasteiger partial charge is 0.275 e. The van der Waals surface area contributed by atoms with Crippen LogP contribution in [0.5, 0.6) is 0 Å². The number of carbonyl (C=O) groups excluding carboxylic acids is 1. The standard InChI is InChI=1S/C14H18N4O2.ClH/c1-17-12-5-3-2-4-11(12)13(16-17)14(20)18-7-9(15)6-10(19)8-18;/h2-5,9-10,19H,6-8,15H2,1H3;1H/t9-,10+;/m0./s1. The summed E-state index contributed by atoms with van der Waals surface area (Å²) in [6, 6.07) is 7.43. The van der Waals surface area contributed by atoms with Gasteiger partial charge in [-0.25, -0.2) is 0 Å². The van der Waals surface area contributed by atoms with Crippen LogP contribution in [0, 0.1) is 0 Å². The normalized spacial score (nSPS) is 22.1. The Kier molecular flexibility index (Phi) is 4.51. The van der Waals surface area contributed by atoms with E-state index in [1.165, 1.54) is 0 Å². The molecule has 0 saturated carbocycles. The number of benzene rings is 1. The summed E-state index contributed by atoms with van der Waals surface area (Å²) in [4.78, 5) is 14.2. The van der Waals surface area contributed by atoms with Crippen LogP contribution in [0.15, 0.2) is 24.3 Å². The zero-order valence-electron chi connectivity index (χ0n) is 11.8. The van der Waals surface area contributed by atoms with Gasteiger partial charge in [0.1, 0.15) is 0 Å². The van der Waals surface area contributed by atoms with E-state index in [1.807, 2.05) is 31.3 Å². The van der Waals surface area contributed by atoms with E-state index in [4.69, 9.17) is 5.73 Å². The van der Waals surface area contributed by atoms with E-state index in [-0.39, 0.29) is 24.4 Å². The number of nitrogens with zero attached hydrogens (tertiary/aromatic N) is 3. The fourth-order valence-corrected chi connectivity index (χ4v) is 2.80. The van der Waals surface area contributed by atoms with E-state index in [2.05, 4.69) is 5.10 Å². The predicted octanol–water partition coefficient (Wildman–Crippen LogP) is 0.529. The second kappa shape index (κ2) is 6.01. The van der Waals surface area contributed by atoms with Crippen molar-refractivity contribution in [3.8, 4) is 0 Å². The Balaban J connectivity index is 0.00000161. The van der Waals surface area contributed by atoms with Crippen molar-refractivity contribution in [3.05, 3.63) is 30.0 Å². The van der Waals surface area contributed by atoms with Crippen molar-refractivity contribution in [2.24, 2.45) is 12.8 Å². The fraction of sp³-hybridized carbons (Fsp3) is 0.429. The first-order valence-corrected chi connectivity index (χ1v) is 6.71. The van der Waals surface area contributed by atoms with Crippen molar-refractivity contribution < 1.29 is 9.90 Å². The van der Waals surface area contributed by atoms with E-state index in [1.54, 1.807) is 9.58 Å². The van der Waals surface area contributed by atoms with Crippen LogP contribution in [-0.4, -0.2) is 50.9 Å². The number of amides is 1. The largest absolute Gasteiger partial charge is 0.391 e. The molecule has 0 aliphatic carbocycles. The number of hydrogen-bond acceptors (Lipinski definition) is 4. The summed E-state index contributed by atoms with van der Waals surface area (Å²) in [6.07, 6.45) is -0.0232. The Hall–Kier alpha value is -1.63. The van der Waals surface area contributed by atoms with Gasteiger partial charge in [0.05, 0.1) is 11.6 Å². The van der Waals surface area contributed by atoms with Crippen LogP contribution in [0.3, 0.4) is 0 Å². The maximum atomic E-state index is 12.6. The molecule has 1 aromatic carbocycles. The first-order valence-electron chi connectivity index (χ1n) is 6.71. The first-order chi connectivity index (χ1) is 9.56. The Bertz CT molecular complexity index is 647. The second-order valence-electron chi connectivity index (χ2n) is 5.35. The summed E-state index contributed by atoms with van der Waals surface area (Å²) >= 11 is 0. The molecule has 0 spiro atoms. The summed E-state index contributed by atoms with van der Waals surface area (Å²) in [6.45, 7) is 0.776. The number of carbonyl (C=O) groups is 1. The number of hydrogen-bond donors (Lipinski definition) is 2. The molecule has 1 fully saturated rings. The molecule has 1 amide bonds. The van der Waals surface area contributed by atoms with E-state index >= 15 is 0 Å². The van der Waals surface area contributed by atoms with Gasteiger partial charge in [0.15, 0.2) is 5.69 Å². The Morgan fingerprint density at radius 1 is 1.38 bits per heavy atom. The molecule has 6 nitrogen and oxygen atoms in total. The molecule has 0 unspecified atom stereocenters. The predicted molar refractivity (Wildman–Crippen MR) is 82.5 cm³/mol. The lowest BCUT2D eigenvalue weighted by Crippen LogP contribution is -2.51. The van der Waals surface area contributed by atoms with E-state index in [0.717, 1.165) is 10.9 Å². The number of likely N-dealkylation sites (tertiary alicyclic amines) is 1. The van der Waals surface area contributed by atoms with Gasteiger partial charge in [-0.15, -0.1) is 12.4 Å². The number of fused-ring (bicyclic) bond motifs is 1. The topological polar surface area (TPSA) is 84.4 Å². The quantitative estimate of drug-likeness (QED) is 0.804. The molecule has 0 radical (unpaired) electrons. The fourth-order valence-electron chi connectivity index (χ4n) is 2.80. The molecule has 7 heteroatoms. The van der Waals surface area contributed by atoms with Crippen LogP contribution in [0.2, 0.25) is 0 Å². The highest BCUT2D eigenvalue weighted by Gasteiger charge is 2.29. The molecule has 1 aromatic heterocycles. The molecule has 0 bridgehead atoms. The zero-order valence-corrected chi connectivity index (χ0v) is 12.6. The van der Waals surface area contributed by atoms with Crippen molar-refractivity contribution in [3.63, 3.8) is 0 Å². The molecule has 3 N–H and O–H groups in total. The van der Waals surface area contributed by atoms with Gasteiger partial charge in [-0.1, -0.05) is 18.2 Å². The number of β-amino-alcohol motifs (C(OH)–C–C–N with tert-alkyl or cyclic N) is 1. The van der Waals surface area contributed by atoms with Gasteiger partial charge in [-0.2, -0.15) is 5.10 Å². The highest BCUT2D eigenvalue weighted by atomic mass is 35.5. The van der Waals surface area contributed by atoms with Crippen LogP contribution in [0.4, 0.5) is 0 Å². The minimum atomic E-state index is -0.558. The average molecular weight is 311 g/mol. The molecular weight excluding hydrogens is 292 g/mol. The van der Waals surface area contributed by atoms with E-state index in [9.17, 15) is 9.90 Å². The lowest BCUT2D eigenvalue weighted by Gasteiger charge is -2.33. The van der Waals surface area contributed by atoms with Gasteiger partial charge in [-0.3, -0.25) is 9.48 Å². The number of aromatic nitrogens is 2. The van der Waals surface area contributed by atoms with Crippen molar-refractivity contribution in [1.82, 2.24) is 14.7 Å². The highest BCUT2D eigenvalue weighted by Crippen LogP contribution is 2.20. The zero-order chi connectivity index (χ0) is 14.3. The molecule has 1 saturated heterocycles. The van der Waals surface area contributed by atoms with Crippen molar-refractivity contribution in [2.75, 3.05) is 13.1 Å². The lowest BCUT2D eigenvalue weighted by molar-refractivity contribution is 0.0420. The number of nitrogens with two attached hydrogens (primary N) is 1. The summed E-state index contributed by atoms with van der Waals surface area (Å²) in [5, 5.41) is 14.9. The van der Waals surface area contributed by atoms with Gasteiger partial charge < -0.3 is 15.7 Å². The summed E-state index contributed by atoms with van der Waals surface area (Å²) in [5.74, 6) is -0.170. The first kappa shape index (κ1) is 15.8. The number of rotatable bonds is 1. The molecule has 114 valence electrons. The molecule has 3 rings (SSSR count). The third-order valence-corrected chi connectivity index (χ3v) is 3.71.